The fourth-order valence-corrected chi connectivity index (χ4v) is 1.74. The molecular formula is C13H20N2O3. The van der Waals surface area contributed by atoms with Gasteiger partial charge in [0, 0.05) is 18.8 Å². The molecule has 0 aliphatic heterocycles. The third kappa shape index (κ3) is 3.91. The zero-order chi connectivity index (χ0) is 13.5. The summed E-state index contributed by atoms with van der Waals surface area (Å²) in [5, 5.41) is 2.79. The number of nitrogens with one attached hydrogen (secondary N) is 1. The van der Waals surface area contributed by atoms with Gasteiger partial charge in [0.15, 0.2) is 0 Å². The molecule has 1 atom stereocenters. The summed E-state index contributed by atoms with van der Waals surface area (Å²) >= 11 is 0. The minimum absolute atomic E-state index is 0.162. The van der Waals surface area contributed by atoms with E-state index in [2.05, 4.69) is 17.0 Å². The molecule has 1 aromatic rings. The van der Waals surface area contributed by atoms with Gasteiger partial charge in [0.25, 0.3) is 5.91 Å². The van der Waals surface area contributed by atoms with Crippen molar-refractivity contribution >= 4 is 11.9 Å². The number of hydrogen-bond donors (Lipinski definition) is 1. The van der Waals surface area contributed by atoms with Gasteiger partial charge in [-0.25, -0.2) is 0 Å². The van der Waals surface area contributed by atoms with Crippen LogP contribution in [0.1, 0.15) is 37.2 Å². The van der Waals surface area contributed by atoms with Crippen molar-refractivity contribution in [2.24, 2.45) is 0 Å². The van der Waals surface area contributed by atoms with Crippen molar-refractivity contribution in [3.63, 3.8) is 0 Å². The predicted molar refractivity (Wildman–Crippen MR) is 68.3 cm³/mol. The summed E-state index contributed by atoms with van der Waals surface area (Å²) in [6, 6.07) is 3.38. The maximum Gasteiger partial charge on any atom is 0.307 e. The zero-order valence-electron chi connectivity index (χ0n) is 11.1. The van der Waals surface area contributed by atoms with Crippen molar-refractivity contribution in [1.29, 1.82) is 0 Å². The minimum Gasteiger partial charge on any atom is -0.469 e. The van der Waals surface area contributed by atoms with Gasteiger partial charge in [0.1, 0.15) is 5.69 Å². The number of carbonyl (C=O) groups excluding carboxylic acids is 2. The molecule has 1 unspecified atom stereocenters. The van der Waals surface area contributed by atoms with Gasteiger partial charge in [-0.15, -0.1) is 0 Å². The molecule has 0 bridgehead atoms. The van der Waals surface area contributed by atoms with E-state index >= 15 is 0 Å². The first-order valence-corrected chi connectivity index (χ1v) is 6.11. The Hall–Kier alpha value is -1.78. The van der Waals surface area contributed by atoms with E-state index in [1.807, 2.05) is 16.8 Å². The molecule has 1 N–H and O–H groups in total. The monoisotopic (exact) mass is 252 g/mol. The Morgan fingerprint density at radius 3 is 2.83 bits per heavy atom. The van der Waals surface area contributed by atoms with Gasteiger partial charge in [0.05, 0.1) is 13.5 Å². The Kier molecular flexibility index (Phi) is 5.42. The first-order valence-electron chi connectivity index (χ1n) is 6.11. The molecule has 0 fully saturated rings. The van der Waals surface area contributed by atoms with E-state index in [1.54, 1.807) is 13.0 Å². The van der Waals surface area contributed by atoms with E-state index in [9.17, 15) is 9.59 Å². The van der Waals surface area contributed by atoms with Crippen LogP contribution in [0, 0.1) is 0 Å². The molecule has 18 heavy (non-hydrogen) atoms. The van der Waals surface area contributed by atoms with E-state index in [0.29, 0.717) is 5.69 Å². The Balaban J connectivity index is 2.59. The highest BCUT2D eigenvalue weighted by Gasteiger charge is 2.15. The molecule has 1 aromatic heterocycles. The largest absolute Gasteiger partial charge is 0.469 e. The average Bonchev–Trinajstić information content (AvgIpc) is 2.77. The maximum absolute atomic E-state index is 12.0. The summed E-state index contributed by atoms with van der Waals surface area (Å²) < 4.78 is 6.46. The Morgan fingerprint density at radius 1 is 1.50 bits per heavy atom. The van der Waals surface area contributed by atoms with Crippen LogP contribution in [-0.4, -0.2) is 29.6 Å². The summed E-state index contributed by atoms with van der Waals surface area (Å²) in [5.41, 5.74) is 0.619. The van der Waals surface area contributed by atoms with Crippen LogP contribution in [-0.2, 0) is 16.1 Å². The minimum atomic E-state index is -0.327. The summed E-state index contributed by atoms with van der Waals surface area (Å²) in [6.45, 7) is 4.64. The molecule has 0 aromatic carbocycles. The van der Waals surface area contributed by atoms with Crippen molar-refractivity contribution in [3.8, 4) is 0 Å². The third-order valence-corrected chi connectivity index (χ3v) is 2.60. The molecule has 0 spiro atoms. The lowest BCUT2D eigenvalue weighted by Crippen LogP contribution is -2.35. The topological polar surface area (TPSA) is 60.3 Å². The molecule has 5 nitrogen and oxygen atoms in total. The Labute approximate surface area is 107 Å². The quantitative estimate of drug-likeness (QED) is 0.782. The molecule has 1 rings (SSSR count). The number of amides is 1. The first kappa shape index (κ1) is 14.3. The van der Waals surface area contributed by atoms with Crippen LogP contribution in [0.4, 0.5) is 0 Å². The van der Waals surface area contributed by atoms with Gasteiger partial charge in [0.2, 0.25) is 0 Å². The molecular weight excluding hydrogens is 232 g/mol. The lowest BCUT2D eigenvalue weighted by Gasteiger charge is -2.14. The molecule has 0 aliphatic rings. The number of aryl methyl sites for hydroxylation is 1. The first-order chi connectivity index (χ1) is 8.58. The average molecular weight is 252 g/mol. The summed E-state index contributed by atoms with van der Waals surface area (Å²) in [5.74, 6) is -0.489. The van der Waals surface area contributed by atoms with E-state index < -0.39 is 0 Å². The van der Waals surface area contributed by atoms with E-state index in [0.717, 1.165) is 13.0 Å². The number of hydrogen-bond acceptors (Lipinski definition) is 3. The number of ether oxygens (including phenoxy) is 1. The van der Waals surface area contributed by atoms with Crippen LogP contribution in [0.25, 0.3) is 0 Å². The van der Waals surface area contributed by atoms with Crippen molar-refractivity contribution in [2.45, 2.75) is 39.3 Å². The number of aromatic nitrogens is 1. The summed E-state index contributed by atoms with van der Waals surface area (Å²) in [4.78, 5) is 23.1. The highest BCUT2D eigenvalue weighted by molar-refractivity contribution is 5.93. The maximum atomic E-state index is 12.0. The van der Waals surface area contributed by atoms with E-state index in [1.165, 1.54) is 7.11 Å². The molecule has 0 aliphatic carbocycles. The molecule has 100 valence electrons. The fourth-order valence-electron chi connectivity index (χ4n) is 1.74. The second-order valence-electron chi connectivity index (χ2n) is 4.24. The molecule has 0 saturated heterocycles. The van der Waals surface area contributed by atoms with Crippen molar-refractivity contribution in [1.82, 2.24) is 9.88 Å². The number of carbonyl (C=O) groups is 2. The molecule has 1 amide bonds. The van der Waals surface area contributed by atoms with Crippen molar-refractivity contribution in [3.05, 3.63) is 24.0 Å². The highest BCUT2D eigenvalue weighted by Crippen LogP contribution is 2.05. The lowest BCUT2D eigenvalue weighted by molar-refractivity contribution is -0.141. The summed E-state index contributed by atoms with van der Waals surface area (Å²) in [6.07, 6.45) is 3.02. The standard InChI is InChI=1S/C13H20N2O3/c1-4-7-15-8-5-6-11(15)13(17)14-10(2)9-12(16)18-3/h5-6,8,10H,4,7,9H2,1-3H3,(H,14,17). The molecule has 5 heteroatoms. The summed E-state index contributed by atoms with van der Waals surface area (Å²) in [7, 11) is 1.34. The van der Waals surface area contributed by atoms with Crippen LogP contribution in [0.2, 0.25) is 0 Å². The van der Waals surface area contributed by atoms with Crippen molar-refractivity contribution < 1.29 is 14.3 Å². The fraction of sp³-hybridized carbons (Fsp3) is 0.538. The van der Waals surface area contributed by atoms with E-state index in [-0.39, 0.29) is 24.3 Å². The van der Waals surface area contributed by atoms with Crippen LogP contribution >= 0.6 is 0 Å². The molecule has 0 saturated carbocycles. The van der Waals surface area contributed by atoms with Gasteiger partial charge in [-0.3, -0.25) is 9.59 Å². The van der Waals surface area contributed by atoms with Crippen LogP contribution < -0.4 is 5.32 Å². The second-order valence-corrected chi connectivity index (χ2v) is 4.24. The zero-order valence-corrected chi connectivity index (χ0v) is 11.1. The van der Waals surface area contributed by atoms with Crippen LogP contribution in [0.3, 0.4) is 0 Å². The number of rotatable bonds is 6. The van der Waals surface area contributed by atoms with Crippen LogP contribution in [0.5, 0.6) is 0 Å². The lowest BCUT2D eigenvalue weighted by atomic mass is 10.2. The number of esters is 1. The van der Waals surface area contributed by atoms with Gasteiger partial charge in [-0.1, -0.05) is 6.92 Å². The van der Waals surface area contributed by atoms with Gasteiger partial charge in [-0.05, 0) is 25.5 Å². The van der Waals surface area contributed by atoms with E-state index in [4.69, 9.17) is 0 Å². The normalized spacial score (nSPS) is 11.9. The number of nitrogens with zero attached hydrogens (tertiary/aromatic N) is 1. The predicted octanol–water partition coefficient (Wildman–Crippen LogP) is 1.58. The van der Waals surface area contributed by atoms with Gasteiger partial charge >= 0.3 is 5.97 Å². The SMILES string of the molecule is CCCn1cccc1C(=O)NC(C)CC(=O)OC. The van der Waals surface area contributed by atoms with Crippen molar-refractivity contribution in [2.75, 3.05) is 7.11 Å². The number of methoxy groups -OCH3 is 1. The Morgan fingerprint density at radius 2 is 2.22 bits per heavy atom. The van der Waals surface area contributed by atoms with Gasteiger partial charge in [-0.2, -0.15) is 0 Å². The molecule has 1 heterocycles. The molecule has 0 radical (unpaired) electrons. The van der Waals surface area contributed by atoms with Gasteiger partial charge < -0.3 is 14.6 Å². The highest BCUT2D eigenvalue weighted by atomic mass is 16.5. The second kappa shape index (κ2) is 6.83. The van der Waals surface area contributed by atoms with Crippen LogP contribution in [0.15, 0.2) is 18.3 Å². The smallest absolute Gasteiger partial charge is 0.307 e. The Bertz CT molecular complexity index is 412. The third-order valence-electron chi connectivity index (χ3n) is 2.60.